The van der Waals surface area contributed by atoms with Gasteiger partial charge < -0.3 is 10.1 Å². The fraction of sp³-hybridized carbons (Fsp3) is 0.571. The summed E-state index contributed by atoms with van der Waals surface area (Å²) in [5, 5.41) is 3.43. The summed E-state index contributed by atoms with van der Waals surface area (Å²) in [5.74, 6) is 0.592. The number of alkyl halides is 1. The summed E-state index contributed by atoms with van der Waals surface area (Å²) in [5.41, 5.74) is 0.614. The molecule has 100 valence electrons. The molecule has 0 spiro atoms. The highest BCUT2D eigenvalue weighted by molar-refractivity contribution is 6.18. The molecule has 1 aliphatic rings. The van der Waals surface area contributed by atoms with Crippen molar-refractivity contribution in [1.29, 1.82) is 0 Å². The fourth-order valence-electron chi connectivity index (χ4n) is 2.54. The number of hydrogen-bond donors (Lipinski definition) is 1. The molecule has 0 amide bonds. The molecule has 0 unspecified atom stereocenters. The minimum Gasteiger partial charge on any atom is -0.494 e. The van der Waals surface area contributed by atoms with E-state index < -0.39 is 0 Å². The van der Waals surface area contributed by atoms with E-state index in [0.29, 0.717) is 23.7 Å². The average Bonchev–Trinajstić information content (AvgIpc) is 2.87. The van der Waals surface area contributed by atoms with Gasteiger partial charge in [0.25, 0.3) is 0 Å². The van der Waals surface area contributed by atoms with E-state index in [2.05, 4.69) is 5.32 Å². The first kappa shape index (κ1) is 13.6. The number of halogens is 2. The van der Waals surface area contributed by atoms with Gasteiger partial charge in [-0.25, -0.2) is 4.39 Å². The Hall–Kier alpha value is -0.800. The third-order valence-electron chi connectivity index (χ3n) is 3.73. The summed E-state index contributed by atoms with van der Waals surface area (Å²) in [6.45, 7) is 0.496. The van der Waals surface area contributed by atoms with Crippen molar-refractivity contribution in [1.82, 2.24) is 5.32 Å². The Bertz CT molecular complexity index is 405. The molecule has 1 aromatic carbocycles. The van der Waals surface area contributed by atoms with Crippen molar-refractivity contribution < 1.29 is 9.13 Å². The molecule has 0 bridgehead atoms. The Balaban J connectivity index is 2.05. The zero-order valence-electron chi connectivity index (χ0n) is 10.6. The van der Waals surface area contributed by atoms with Crippen LogP contribution < -0.4 is 10.1 Å². The van der Waals surface area contributed by atoms with E-state index in [9.17, 15) is 4.39 Å². The molecule has 2 nitrogen and oxygen atoms in total. The first-order valence-corrected chi connectivity index (χ1v) is 6.86. The highest BCUT2D eigenvalue weighted by Gasteiger charge is 2.32. The Labute approximate surface area is 112 Å². The number of rotatable bonds is 5. The molecule has 4 heteroatoms. The number of methoxy groups -OCH3 is 1. The molecule has 1 N–H and O–H groups in total. The van der Waals surface area contributed by atoms with Gasteiger partial charge in [0.2, 0.25) is 0 Å². The van der Waals surface area contributed by atoms with Crippen molar-refractivity contribution >= 4 is 11.6 Å². The maximum absolute atomic E-state index is 14.0. The average molecular weight is 272 g/mol. The SMILES string of the molecule is COc1cccc(CNC2(CCl)CCCC2)c1F. The number of benzene rings is 1. The summed E-state index contributed by atoms with van der Waals surface area (Å²) < 4.78 is 19.0. The quantitative estimate of drug-likeness (QED) is 0.828. The number of hydrogen-bond acceptors (Lipinski definition) is 2. The van der Waals surface area contributed by atoms with E-state index in [1.165, 1.54) is 20.0 Å². The van der Waals surface area contributed by atoms with Gasteiger partial charge in [-0.1, -0.05) is 25.0 Å². The van der Waals surface area contributed by atoms with E-state index in [0.717, 1.165) is 12.8 Å². The number of nitrogens with one attached hydrogen (secondary N) is 1. The molecular formula is C14H19ClFNO. The van der Waals surface area contributed by atoms with Crippen molar-refractivity contribution in [2.75, 3.05) is 13.0 Å². The summed E-state index contributed by atoms with van der Waals surface area (Å²) in [6.07, 6.45) is 4.53. The summed E-state index contributed by atoms with van der Waals surface area (Å²) in [7, 11) is 1.48. The molecule has 0 radical (unpaired) electrons. The van der Waals surface area contributed by atoms with Gasteiger partial charge in [0.15, 0.2) is 11.6 Å². The molecule has 0 heterocycles. The van der Waals surface area contributed by atoms with Gasteiger partial charge in [-0.2, -0.15) is 0 Å². The van der Waals surface area contributed by atoms with Crippen LogP contribution in [0.4, 0.5) is 4.39 Å². The van der Waals surface area contributed by atoms with Crippen LogP contribution >= 0.6 is 11.6 Å². The van der Waals surface area contributed by atoms with Crippen LogP contribution in [0.25, 0.3) is 0 Å². The molecular weight excluding hydrogens is 253 g/mol. The van der Waals surface area contributed by atoms with Crippen LogP contribution in [0.1, 0.15) is 31.2 Å². The summed E-state index contributed by atoms with van der Waals surface area (Å²) in [6, 6.07) is 5.22. The van der Waals surface area contributed by atoms with Crippen LogP contribution in [0.2, 0.25) is 0 Å². The molecule has 1 aliphatic carbocycles. The lowest BCUT2D eigenvalue weighted by Crippen LogP contribution is -2.44. The van der Waals surface area contributed by atoms with Crippen molar-refractivity contribution in [3.05, 3.63) is 29.6 Å². The lowest BCUT2D eigenvalue weighted by Gasteiger charge is -2.28. The van der Waals surface area contributed by atoms with Crippen molar-refractivity contribution in [3.63, 3.8) is 0 Å². The molecule has 1 aromatic rings. The fourth-order valence-corrected chi connectivity index (χ4v) is 2.90. The van der Waals surface area contributed by atoms with Gasteiger partial charge in [-0.15, -0.1) is 11.6 Å². The van der Waals surface area contributed by atoms with Crippen LogP contribution in [-0.4, -0.2) is 18.5 Å². The van der Waals surface area contributed by atoms with Crippen LogP contribution in [0.5, 0.6) is 5.75 Å². The van der Waals surface area contributed by atoms with E-state index in [1.807, 2.05) is 0 Å². The second-order valence-corrected chi connectivity index (χ2v) is 5.18. The highest BCUT2D eigenvalue weighted by Crippen LogP contribution is 2.31. The van der Waals surface area contributed by atoms with Gasteiger partial charge in [0, 0.05) is 23.5 Å². The summed E-state index contributed by atoms with van der Waals surface area (Å²) >= 11 is 6.05. The Kier molecular flexibility index (Phi) is 4.46. The molecule has 0 atom stereocenters. The van der Waals surface area contributed by atoms with Crippen LogP contribution in [0, 0.1) is 5.82 Å². The monoisotopic (exact) mass is 271 g/mol. The van der Waals surface area contributed by atoms with E-state index >= 15 is 0 Å². The topological polar surface area (TPSA) is 21.3 Å². The van der Waals surface area contributed by atoms with E-state index in [-0.39, 0.29) is 11.4 Å². The van der Waals surface area contributed by atoms with Crippen LogP contribution in [-0.2, 0) is 6.54 Å². The first-order valence-electron chi connectivity index (χ1n) is 6.33. The lowest BCUT2D eigenvalue weighted by atomic mass is 10.00. The normalized spacial score (nSPS) is 17.9. The third-order valence-corrected chi connectivity index (χ3v) is 4.25. The molecule has 0 aliphatic heterocycles. The van der Waals surface area contributed by atoms with Gasteiger partial charge in [-0.3, -0.25) is 0 Å². The van der Waals surface area contributed by atoms with Crippen molar-refractivity contribution in [3.8, 4) is 5.75 Å². The molecule has 1 fully saturated rings. The van der Waals surface area contributed by atoms with E-state index in [1.54, 1.807) is 18.2 Å². The molecule has 2 rings (SSSR count). The minimum absolute atomic E-state index is 0.0168. The van der Waals surface area contributed by atoms with E-state index in [4.69, 9.17) is 16.3 Å². The third kappa shape index (κ3) is 2.78. The van der Waals surface area contributed by atoms with Gasteiger partial charge in [0.1, 0.15) is 0 Å². The lowest BCUT2D eigenvalue weighted by molar-refractivity contribution is 0.357. The van der Waals surface area contributed by atoms with Gasteiger partial charge >= 0.3 is 0 Å². The van der Waals surface area contributed by atoms with Crippen LogP contribution in [0.15, 0.2) is 18.2 Å². The molecule has 0 saturated heterocycles. The second-order valence-electron chi connectivity index (χ2n) is 4.91. The predicted molar refractivity (Wildman–Crippen MR) is 71.7 cm³/mol. The smallest absolute Gasteiger partial charge is 0.169 e. The second kappa shape index (κ2) is 5.89. The Morgan fingerprint density at radius 3 is 2.72 bits per heavy atom. The van der Waals surface area contributed by atoms with Gasteiger partial charge in [0.05, 0.1) is 7.11 Å². The highest BCUT2D eigenvalue weighted by atomic mass is 35.5. The maximum atomic E-state index is 14.0. The zero-order valence-corrected chi connectivity index (χ0v) is 11.4. The molecule has 0 aromatic heterocycles. The Morgan fingerprint density at radius 1 is 1.39 bits per heavy atom. The van der Waals surface area contributed by atoms with Crippen LogP contribution in [0.3, 0.4) is 0 Å². The predicted octanol–water partition coefficient (Wildman–Crippen LogP) is 3.48. The standard InChI is InChI=1S/C14H19ClFNO/c1-18-12-6-4-5-11(13(12)16)9-17-14(10-15)7-2-3-8-14/h4-6,17H,2-3,7-10H2,1H3. The zero-order chi connectivity index (χ0) is 13.0. The van der Waals surface area contributed by atoms with Crippen molar-refractivity contribution in [2.45, 2.75) is 37.8 Å². The number of ether oxygens (including phenoxy) is 1. The molecule has 18 heavy (non-hydrogen) atoms. The van der Waals surface area contributed by atoms with Crippen molar-refractivity contribution in [2.24, 2.45) is 0 Å². The van der Waals surface area contributed by atoms with Gasteiger partial charge in [-0.05, 0) is 18.9 Å². The largest absolute Gasteiger partial charge is 0.494 e. The minimum atomic E-state index is -0.282. The molecule has 1 saturated carbocycles. The Morgan fingerprint density at radius 2 is 2.11 bits per heavy atom. The first-order chi connectivity index (χ1) is 8.71. The summed E-state index contributed by atoms with van der Waals surface area (Å²) in [4.78, 5) is 0. The maximum Gasteiger partial charge on any atom is 0.169 e.